The average Bonchev–Trinajstić information content (AvgIpc) is 2.54. The number of para-hydroxylation sites is 1. The number of aliphatic imine (C=N–C) groups is 1. The van der Waals surface area contributed by atoms with Crippen molar-refractivity contribution in [1.29, 1.82) is 0 Å². The SMILES string of the molecule is Cc1cc(C)cc(NC(N)=NCCCCN(C)c2ccccc2)c1.I. The molecule has 0 saturated carbocycles. The zero-order valence-electron chi connectivity index (χ0n) is 15.3. The Morgan fingerprint density at radius 2 is 1.68 bits per heavy atom. The van der Waals surface area contributed by atoms with Gasteiger partial charge in [-0.3, -0.25) is 4.99 Å². The molecule has 5 heteroatoms. The van der Waals surface area contributed by atoms with Gasteiger partial charge in [-0.05, 0) is 62.1 Å². The second-order valence-corrected chi connectivity index (χ2v) is 6.23. The first kappa shape index (κ1) is 21.3. The van der Waals surface area contributed by atoms with Crippen molar-refractivity contribution in [3.63, 3.8) is 0 Å². The molecular weight excluding hydrogens is 423 g/mol. The summed E-state index contributed by atoms with van der Waals surface area (Å²) in [5.41, 5.74) is 10.6. The average molecular weight is 452 g/mol. The summed E-state index contributed by atoms with van der Waals surface area (Å²) < 4.78 is 0. The molecule has 0 fully saturated rings. The molecule has 3 N–H and O–H groups in total. The van der Waals surface area contributed by atoms with Crippen LogP contribution in [0.15, 0.2) is 53.5 Å². The Morgan fingerprint density at radius 1 is 1.04 bits per heavy atom. The fourth-order valence-corrected chi connectivity index (χ4v) is 2.71. The lowest BCUT2D eigenvalue weighted by Crippen LogP contribution is -2.23. The first-order valence-electron chi connectivity index (χ1n) is 8.46. The van der Waals surface area contributed by atoms with Crippen molar-refractivity contribution >= 4 is 41.3 Å². The summed E-state index contributed by atoms with van der Waals surface area (Å²) in [6.07, 6.45) is 2.11. The standard InChI is InChI=1S/C20H28N4.HI/c1-16-13-17(2)15-18(14-16)23-20(21)22-11-7-8-12-24(3)19-9-5-4-6-10-19;/h4-6,9-10,13-15H,7-8,11-12H2,1-3H3,(H3,21,22,23);1H. The molecule has 0 aromatic heterocycles. The van der Waals surface area contributed by atoms with E-state index < -0.39 is 0 Å². The van der Waals surface area contributed by atoms with Gasteiger partial charge in [0, 0.05) is 31.5 Å². The van der Waals surface area contributed by atoms with E-state index in [1.807, 2.05) is 6.07 Å². The molecule has 0 unspecified atom stereocenters. The zero-order valence-corrected chi connectivity index (χ0v) is 17.7. The number of anilines is 2. The fourth-order valence-electron chi connectivity index (χ4n) is 2.71. The first-order chi connectivity index (χ1) is 11.5. The Balaban J connectivity index is 0.00000312. The number of nitrogens with two attached hydrogens (primary N) is 1. The van der Waals surface area contributed by atoms with Gasteiger partial charge in [0.25, 0.3) is 0 Å². The van der Waals surface area contributed by atoms with E-state index in [1.165, 1.54) is 16.8 Å². The van der Waals surface area contributed by atoms with Gasteiger partial charge < -0.3 is 16.0 Å². The number of benzene rings is 2. The summed E-state index contributed by atoms with van der Waals surface area (Å²) in [5.74, 6) is 0.483. The Bertz CT molecular complexity index is 650. The lowest BCUT2D eigenvalue weighted by atomic mass is 10.1. The zero-order chi connectivity index (χ0) is 17.4. The quantitative estimate of drug-likeness (QED) is 0.280. The lowest BCUT2D eigenvalue weighted by Gasteiger charge is -2.18. The number of unbranched alkanes of at least 4 members (excludes halogenated alkanes) is 1. The second kappa shape index (κ2) is 11.0. The van der Waals surface area contributed by atoms with Crippen LogP contribution in [0, 0.1) is 13.8 Å². The van der Waals surface area contributed by atoms with Crippen molar-refractivity contribution in [2.75, 3.05) is 30.4 Å². The van der Waals surface area contributed by atoms with Crippen LogP contribution in [0.3, 0.4) is 0 Å². The molecule has 0 atom stereocenters. The van der Waals surface area contributed by atoms with E-state index in [2.05, 4.69) is 78.6 Å². The third kappa shape index (κ3) is 7.77. The maximum atomic E-state index is 5.97. The number of aryl methyl sites for hydroxylation is 2. The van der Waals surface area contributed by atoms with Crippen molar-refractivity contribution in [3.05, 3.63) is 59.7 Å². The Labute approximate surface area is 168 Å². The summed E-state index contributed by atoms with van der Waals surface area (Å²) in [7, 11) is 2.12. The van der Waals surface area contributed by atoms with Gasteiger partial charge >= 0.3 is 0 Å². The number of rotatable bonds is 7. The van der Waals surface area contributed by atoms with Crippen LogP contribution in [0.5, 0.6) is 0 Å². The predicted octanol–water partition coefficient (Wildman–Crippen LogP) is 4.56. The minimum absolute atomic E-state index is 0. The molecule has 4 nitrogen and oxygen atoms in total. The Hall–Kier alpha value is -1.76. The summed E-state index contributed by atoms with van der Waals surface area (Å²) >= 11 is 0. The molecule has 2 rings (SSSR count). The van der Waals surface area contributed by atoms with E-state index in [1.54, 1.807) is 0 Å². The van der Waals surface area contributed by atoms with Crippen molar-refractivity contribution in [2.45, 2.75) is 26.7 Å². The van der Waals surface area contributed by atoms with Gasteiger partial charge in [-0.2, -0.15) is 0 Å². The predicted molar refractivity (Wildman–Crippen MR) is 120 cm³/mol. The van der Waals surface area contributed by atoms with Crippen LogP contribution in [-0.4, -0.2) is 26.1 Å². The molecule has 0 saturated heterocycles. The topological polar surface area (TPSA) is 53.6 Å². The molecule has 0 amide bonds. The molecule has 0 bridgehead atoms. The van der Waals surface area contributed by atoms with E-state index in [9.17, 15) is 0 Å². The van der Waals surface area contributed by atoms with Crippen molar-refractivity contribution in [2.24, 2.45) is 10.7 Å². The first-order valence-corrected chi connectivity index (χ1v) is 8.46. The maximum Gasteiger partial charge on any atom is 0.193 e. The lowest BCUT2D eigenvalue weighted by molar-refractivity contribution is 0.728. The molecular formula is C20H29IN4. The molecule has 0 heterocycles. The van der Waals surface area contributed by atoms with Gasteiger partial charge in [0.2, 0.25) is 0 Å². The smallest absolute Gasteiger partial charge is 0.193 e. The van der Waals surface area contributed by atoms with E-state index in [-0.39, 0.29) is 24.0 Å². The summed E-state index contributed by atoms with van der Waals surface area (Å²) in [6, 6.07) is 16.7. The third-order valence-electron chi connectivity index (χ3n) is 3.87. The van der Waals surface area contributed by atoms with Gasteiger partial charge in [-0.25, -0.2) is 0 Å². The van der Waals surface area contributed by atoms with Crippen LogP contribution < -0.4 is 16.0 Å². The Kier molecular flexibility index (Phi) is 9.34. The molecule has 0 aliphatic carbocycles. The van der Waals surface area contributed by atoms with Crippen LogP contribution in [0.4, 0.5) is 11.4 Å². The highest BCUT2D eigenvalue weighted by molar-refractivity contribution is 14.0. The van der Waals surface area contributed by atoms with E-state index >= 15 is 0 Å². The van der Waals surface area contributed by atoms with Gasteiger partial charge in [0.05, 0.1) is 0 Å². The highest BCUT2D eigenvalue weighted by Gasteiger charge is 2.00. The number of guanidine groups is 1. The molecule has 2 aromatic carbocycles. The number of nitrogens with zero attached hydrogens (tertiary/aromatic N) is 2. The monoisotopic (exact) mass is 452 g/mol. The van der Waals surface area contributed by atoms with Crippen LogP contribution in [-0.2, 0) is 0 Å². The number of nitrogens with one attached hydrogen (secondary N) is 1. The summed E-state index contributed by atoms with van der Waals surface area (Å²) in [6.45, 7) is 5.92. The summed E-state index contributed by atoms with van der Waals surface area (Å²) in [4.78, 5) is 6.68. The molecule has 0 radical (unpaired) electrons. The van der Waals surface area contributed by atoms with Gasteiger partial charge in [-0.1, -0.05) is 24.3 Å². The summed E-state index contributed by atoms with van der Waals surface area (Å²) in [5, 5.41) is 3.17. The normalized spacial score (nSPS) is 10.9. The highest BCUT2D eigenvalue weighted by Crippen LogP contribution is 2.13. The number of halogens is 1. The van der Waals surface area contributed by atoms with Gasteiger partial charge in [0.15, 0.2) is 5.96 Å². The van der Waals surface area contributed by atoms with Crippen molar-refractivity contribution in [3.8, 4) is 0 Å². The highest BCUT2D eigenvalue weighted by atomic mass is 127. The van der Waals surface area contributed by atoms with Crippen LogP contribution in [0.1, 0.15) is 24.0 Å². The number of hydrogen-bond acceptors (Lipinski definition) is 2. The third-order valence-corrected chi connectivity index (χ3v) is 3.87. The van der Waals surface area contributed by atoms with Crippen LogP contribution in [0.25, 0.3) is 0 Å². The fraction of sp³-hybridized carbons (Fsp3) is 0.350. The molecule has 2 aromatic rings. The molecule has 136 valence electrons. The van der Waals surface area contributed by atoms with Gasteiger partial charge in [0.1, 0.15) is 0 Å². The minimum Gasteiger partial charge on any atom is -0.375 e. The largest absolute Gasteiger partial charge is 0.375 e. The number of hydrogen-bond donors (Lipinski definition) is 2. The van der Waals surface area contributed by atoms with Crippen LogP contribution >= 0.6 is 24.0 Å². The maximum absolute atomic E-state index is 5.97. The van der Waals surface area contributed by atoms with Crippen molar-refractivity contribution < 1.29 is 0 Å². The second-order valence-electron chi connectivity index (χ2n) is 6.23. The molecule has 25 heavy (non-hydrogen) atoms. The van der Waals surface area contributed by atoms with E-state index in [0.717, 1.165) is 31.6 Å². The van der Waals surface area contributed by atoms with E-state index in [4.69, 9.17) is 5.73 Å². The minimum atomic E-state index is 0. The molecule has 0 aliphatic rings. The Morgan fingerprint density at radius 3 is 2.32 bits per heavy atom. The van der Waals surface area contributed by atoms with E-state index in [0.29, 0.717) is 5.96 Å². The van der Waals surface area contributed by atoms with Crippen LogP contribution in [0.2, 0.25) is 0 Å². The molecule has 0 aliphatic heterocycles. The molecule has 0 spiro atoms. The van der Waals surface area contributed by atoms with Gasteiger partial charge in [-0.15, -0.1) is 24.0 Å². The van der Waals surface area contributed by atoms with Crippen molar-refractivity contribution in [1.82, 2.24) is 0 Å².